The maximum atomic E-state index is 12.8. The molecule has 0 aliphatic carbocycles. The van der Waals surface area contributed by atoms with Crippen molar-refractivity contribution in [1.82, 2.24) is 5.32 Å². The lowest BCUT2D eigenvalue weighted by Gasteiger charge is -2.17. The fourth-order valence-corrected chi connectivity index (χ4v) is 2.07. The number of carbonyl (C=O) groups excluding carboxylic acids is 2. The van der Waals surface area contributed by atoms with Crippen LogP contribution in [0.15, 0.2) is 18.2 Å². The number of rotatable bonds is 7. The van der Waals surface area contributed by atoms with Gasteiger partial charge in [-0.2, -0.15) is 26.3 Å². The summed E-state index contributed by atoms with van der Waals surface area (Å²) in [6.45, 7) is 1.53. The van der Waals surface area contributed by atoms with Crippen molar-refractivity contribution in [2.24, 2.45) is 0 Å². The molecule has 11 heteroatoms. The van der Waals surface area contributed by atoms with Gasteiger partial charge in [-0.05, 0) is 24.6 Å². The highest BCUT2D eigenvalue weighted by Gasteiger charge is 2.37. The molecule has 5 nitrogen and oxygen atoms in total. The molecule has 0 aliphatic heterocycles. The molecule has 0 fully saturated rings. The summed E-state index contributed by atoms with van der Waals surface area (Å²) in [4.78, 5) is 34.4. The predicted octanol–water partition coefficient (Wildman–Crippen LogP) is 3.67. The topological polar surface area (TPSA) is 83.5 Å². The van der Waals surface area contributed by atoms with Crippen molar-refractivity contribution < 1.29 is 45.8 Å². The molecule has 0 aliphatic rings. The van der Waals surface area contributed by atoms with Crippen LogP contribution in [0, 0.1) is 0 Å². The maximum Gasteiger partial charge on any atom is 0.416 e. The van der Waals surface area contributed by atoms with Crippen LogP contribution >= 0.6 is 0 Å². The summed E-state index contributed by atoms with van der Waals surface area (Å²) in [5.41, 5.74) is -4.39. The van der Waals surface area contributed by atoms with Crippen molar-refractivity contribution in [1.29, 1.82) is 0 Å². The third-order valence-corrected chi connectivity index (χ3v) is 3.56. The van der Waals surface area contributed by atoms with Gasteiger partial charge in [-0.3, -0.25) is 9.59 Å². The second kappa shape index (κ2) is 8.40. The Morgan fingerprint density at radius 1 is 1.00 bits per heavy atom. The number of Topliss-reactive ketones (excluding diaryl/α,β-unsaturated/α-hetero) is 1. The first-order chi connectivity index (χ1) is 12.3. The first-order valence-corrected chi connectivity index (χ1v) is 7.60. The van der Waals surface area contributed by atoms with E-state index in [1.165, 1.54) is 6.92 Å². The summed E-state index contributed by atoms with van der Waals surface area (Å²) in [6, 6.07) is -1.40. The minimum Gasteiger partial charge on any atom is -0.480 e. The summed E-state index contributed by atoms with van der Waals surface area (Å²) < 4.78 is 76.8. The normalized spacial score (nSPS) is 13.1. The fourth-order valence-electron chi connectivity index (χ4n) is 2.07. The number of carboxylic acid groups (broad SMARTS) is 1. The van der Waals surface area contributed by atoms with Gasteiger partial charge in [0, 0.05) is 18.4 Å². The van der Waals surface area contributed by atoms with Crippen LogP contribution in [0.4, 0.5) is 26.3 Å². The minimum absolute atomic E-state index is 0.114. The number of ketones is 1. The summed E-state index contributed by atoms with van der Waals surface area (Å²) in [5.74, 6) is -3.31. The van der Waals surface area contributed by atoms with E-state index in [9.17, 15) is 40.7 Å². The Balaban J connectivity index is 3.17. The van der Waals surface area contributed by atoms with E-state index in [4.69, 9.17) is 5.11 Å². The van der Waals surface area contributed by atoms with Gasteiger partial charge >= 0.3 is 18.3 Å². The summed E-state index contributed by atoms with van der Waals surface area (Å²) in [6.07, 6.45) is -10.7. The molecule has 0 bridgehead atoms. The average Bonchev–Trinajstić information content (AvgIpc) is 2.55. The van der Waals surface area contributed by atoms with Gasteiger partial charge in [0.05, 0.1) is 11.1 Å². The zero-order valence-corrected chi connectivity index (χ0v) is 13.9. The van der Waals surface area contributed by atoms with E-state index in [1.807, 2.05) is 5.32 Å². The molecule has 0 saturated heterocycles. The number of hydrogen-bond acceptors (Lipinski definition) is 3. The van der Waals surface area contributed by atoms with Crippen molar-refractivity contribution in [3.8, 4) is 0 Å². The van der Waals surface area contributed by atoms with Gasteiger partial charge in [-0.15, -0.1) is 0 Å². The Hall–Kier alpha value is -2.59. The Morgan fingerprint density at radius 2 is 1.48 bits per heavy atom. The van der Waals surface area contributed by atoms with Crippen LogP contribution in [0.1, 0.15) is 47.7 Å². The molecule has 1 atom stereocenters. The van der Waals surface area contributed by atoms with Gasteiger partial charge in [0.15, 0.2) is 0 Å². The van der Waals surface area contributed by atoms with E-state index in [1.54, 1.807) is 0 Å². The third kappa shape index (κ3) is 6.57. The van der Waals surface area contributed by atoms with Crippen molar-refractivity contribution in [2.75, 3.05) is 0 Å². The molecule has 0 radical (unpaired) electrons. The highest BCUT2D eigenvalue weighted by Crippen LogP contribution is 2.36. The molecule has 0 unspecified atom stereocenters. The van der Waals surface area contributed by atoms with Crippen molar-refractivity contribution in [3.05, 3.63) is 34.9 Å². The van der Waals surface area contributed by atoms with E-state index in [0.717, 1.165) is 0 Å². The van der Waals surface area contributed by atoms with Crippen molar-refractivity contribution in [2.45, 2.75) is 44.6 Å². The van der Waals surface area contributed by atoms with Crippen LogP contribution in [0.25, 0.3) is 0 Å². The summed E-state index contributed by atoms with van der Waals surface area (Å²) in [7, 11) is 0. The zero-order valence-electron chi connectivity index (χ0n) is 13.9. The molecule has 0 saturated carbocycles. The van der Waals surface area contributed by atoms with Gasteiger partial charge < -0.3 is 10.4 Å². The molecule has 150 valence electrons. The number of carbonyl (C=O) groups is 3. The molecular formula is C16H15F6NO4. The lowest BCUT2D eigenvalue weighted by atomic mass is 10.0. The quantitative estimate of drug-likeness (QED) is 0.686. The Morgan fingerprint density at radius 3 is 1.85 bits per heavy atom. The monoisotopic (exact) mass is 399 g/mol. The minimum atomic E-state index is -5.14. The Kier molecular flexibility index (Phi) is 6.99. The first kappa shape index (κ1) is 22.5. The molecule has 0 aromatic heterocycles. The number of benzene rings is 1. The Bertz CT molecular complexity index is 694. The highest BCUT2D eigenvalue weighted by molar-refractivity contribution is 5.97. The SMILES string of the molecule is CCC(=O)CC[C@@H](NC(=O)c1cc(C(F)(F)F)cc(C(F)(F)F)c1)C(=O)O. The standard InChI is InChI=1S/C16H15F6NO4/c1-2-11(24)3-4-12(14(26)27)23-13(25)8-5-9(15(17,18)19)7-10(6-8)16(20,21)22/h5-7,12H,2-4H2,1H3,(H,23,25)(H,26,27)/t12-/m1/s1. The van der Waals surface area contributed by atoms with Crippen LogP contribution in [0.5, 0.6) is 0 Å². The molecule has 2 N–H and O–H groups in total. The number of halogens is 6. The van der Waals surface area contributed by atoms with Gasteiger partial charge in [0.2, 0.25) is 0 Å². The van der Waals surface area contributed by atoms with E-state index in [2.05, 4.69) is 0 Å². The van der Waals surface area contributed by atoms with Gasteiger partial charge in [-0.25, -0.2) is 4.79 Å². The molecule has 1 aromatic rings. The highest BCUT2D eigenvalue weighted by atomic mass is 19.4. The number of amides is 1. The molecule has 27 heavy (non-hydrogen) atoms. The number of carboxylic acids is 1. The van der Waals surface area contributed by atoms with Crippen LogP contribution in [-0.2, 0) is 21.9 Å². The maximum absolute atomic E-state index is 12.8. The summed E-state index contributed by atoms with van der Waals surface area (Å²) in [5, 5.41) is 10.9. The first-order valence-electron chi connectivity index (χ1n) is 7.60. The largest absolute Gasteiger partial charge is 0.480 e. The molecule has 0 spiro atoms. The lowest BCUT2D eigenvalue weighted by Crippen LogP contribution is -2.41. The molecule has 1 rings (SSSR count). The van der Waals surface area contributed by atoms with E-state index in [0.29, 0.717) is 0 Å². The third-order valence-electron chi connectivity index (χ3n) is 3.56. The van der Waals surface area contributed by atoms with Crippen LogP contribution in [-0.4, -0.2) is 28.8 Å². The van der Waals surface area contributed by atoms with Crippen LogP contribution in [0.2, 0.25) is 0 Å². The second-order valence-corrected chi connectivity index (χ2v) is 5.59. The molecular weight excluding hydrogens is 384 g/mol. The lowest BCUT2D eigenvalue weighted by molar-refractivity contribution is -0.143. The van der Waals surface area contributed by atoms with E-state index in [-0.39, 0.29) is 43.2 Å². The van der Waals surface area contributed by atoms with Crippen LogP contribution in [0.3, 0.4) is 0 Å². The number of nitrogens with one attached hydrogen (secondary N) is 1. The average molecular weight is 399 g/mol. The van der Waals surface area contributed by atoms with E-state index < -0.39 is 47.0 Å². The van der Waals surface area contributed by atoms with Gasteiger partial charge in [0.25, 0.3) is 5.91 Å². The molecule has 0 heterocycles. The van der Waals surface area contributed by atoms with Crippen LogP contribution < -0.4 is 5.32 Å². The second-order valence-electron chi connectivity index (χ2n) is 5.59. The number of hydrogen-bond donors (Lipinski definition) is 2. The zero-order chi connectivity index (χ0) is 21.0. The van der Waals surface area contributed by atoms with Gasteiger partial charge in [-0.1, -0.05) is 6.92 Å². The smallest absolute Gasteiger partial charge is 0.416 e. The van der Waals surface area contributed by atoms with E-state index >= 15 is 0 Å². The van der Waals surface area contributed by atoms with Crippen molar-refractivity contribution >= 4 is 17.7 Å². The van der Waals surface area contributed by atoms with Gasteiger partial charge in [0.1, 0.15) is 11.8 Å². The number of alkyl halides is 6. The predicted molar refractivity (Wildman–Crippen MR) is 79.9 cm³/mol. The van der Waals surface area contributed by atoms with Crippen molar-refractivity contribution in [3.63, 3.8) is 0 Å². The Labute approximate surface area is 149 Å². The number of aliphatic carboxylic acids is 1. The molecule has 1 amide bonds. The molecule has 1 aromatic carbocycles. The summed E-state index contributed by atoms with van der Waals surface area (Å²) >= 11 is 0. The fraction of sp³-hybridized carbons (Fsp3) is 0.438.